The Kier molecular flexibility index (Phi) is 8.52. The van der Waals surface area contributed by atoms with Crippen LogP contribution in [0.15, 0.2) is 79.1 Å². The maximum atomic E-state index is 13.3. The largest absolute Gasteiger partial charge is 0.341 e. The van der Waals surface area contributed by atoms with Gasteiger partial charge in [-0.2, -0.15) is 5.10 Å². The number of nitrogens with two attached hydrogens (primary N) is 1. The van der Waals surface area contributed by atoms with Gasteiger partial charge in [-0.05, 0) is 66.6 Å². The molecular formula is C32H35Cl2N5O2. The number of carbonyl (C=O) groups excluding carboxylic acids is 1. The van der Waals surface area contributed by atoms with Crippen LogP contribution in [-0.4, -0.2) is 33.1 Å². The molecule has 0 unspecified atom stereocenters. The summed E-state index contributed by atoms with van der Waals surface area (Å²) in [7, 11) is 0. The second-order valence-electron chi connectivity index (χ2n) is 11.5. The SMILES string of the molecule is CC1(C)[C@@H](CC(=O)N[C@@](C)(Cc2ccccc2)OCN)C[C@@H]1c1cc(-c2cccnc2)nn1-c1ccc(Cl)c(Cl)c1. The number of carbonyl (C=O) groups is 1. The van der Waals surface area contributed by atoms with E-state index in [2.05, 4.69) is 30.2 Å². The number of nitrogens with zero attached hydrogens (tertiary/aromatic N) is 3. The zero-order valence-electron chi connectivity index (χ0n) is 23.5. The topological polar surface area (TPSA) is 95.1 Å². The van der Waals surface area contributed by atoms with Crippen LogP contribution < -0.4 is 11.1 Å². The first-order valence-corrected chi connectivity index (χ1v) is 14.5. The van der Waals surface area contributed by atoms with Crippen molar-refractivity contribution in [2.45, 2.75) is 51.7 Å². The normalized spacial score (nSPS) is 19.3. The van der Waals surface area contributed by atoms with Crippen molar-refractivity contribution >= 4 is 29.1 Å². The van der Waals surface area contributed by atoms with Crippen molar-refractivity contribution in [1.29, 1.82) is 0 Å². The lowest BCUT2D eigenvalue weighted by atomic mass is 9.52. The van der Waals surface area contributed by atoms with E-state index in [0.29, 0.717) is 22.9 Å². The lowest BCUT2D eigenvalue weighted by molar-refractivity contribution is -0.136. The van der Waals surface area contributed by atoms with Crippen molar-refractivity contribution in [2.75, 3.05) is 6.73 Å². The predicted molar refractivity (Wildman–Crippen MR) is 163 cm³/mol. The first-order valence-electron chi connectivity index (χ1n) is 13.7. The van der Waals surface area contributed by atoms with Crippen LogP contribution >= 0.6 is 23.2 Å². The lowest BCUT2D eigenvalue weighted by Crippen LogP contribution is -2.53. The number of nitrogens with one attached hydrogen (secondary N) is 1. The second-order valence-corrected chi connectivity index (χ2v) is 12.3. The number of hydrogen-bond donors (Lipinski definition) is 2. The Hall–Kier alpha value is -3.23. The van der Waals surface area contributed by atoms with Gasteiger partial charge in [0.1, 0.15) is 5.72 Å². The van der Waals surface area contributed by atoms with E-state index in [-0.39, 0.29) is 29.9 Å². The first-order chi connectivity index (χ1) is 19.6. The fraction of sp³-hybridized carbons (Fsp3) is 0.344. The Bertz CT molecular complexity index is 1510. The quantitative estimate of drug-likeness (QED) is 0.198. The number of ether oxygens (including phenoxy) is 1. The lowest BCUT2D eigenvalue weighted by Gasteiger charge is -2.52. The Morgan fingerprint density at radius 1 is 1.12 bits per heavy atom. The van der Waals surface area contributed by atoms with Crippen molar-refractivity contribution in [3.63, 3.8) is 0 Å². The minimum atomic E-state index is -0.897. The number of benzene rings is 2. The highest BCUT2D eigenvalue weighted by atomic mass is 35.5. The molecule has 7 nitrogen and oxygen atoms in total. The maximum Gasteiger partial charge on any atom is 0.222 e. The van der Waals surface area contributed by atoms with Crippen LogP contribution in [0.3, 0.4) is 0 Å². The molecule has 3 atom stereocenters. The Morgan fingerprint density at radius 3 is 2.56 bits per heavy atom. The van der Waals surface area contributed by atoms with Gasteiger partial charge in [-0.1, -0.05) is 67.4 Å². The van der Waals surface area contributed by atoms with Gasteiger partial charge >= 0.3 is 0 Å². The van der Waals surface area contributed by atoms with E-state index in [4.69, 9.17) is 38.8 Å². The Morgan fingerprint density at radius 2 is 1.90 bits per heavy atom. The highest BCUT2D eigenvalue weighted by molar-refractivity contribution is 6.42. The number of rotatable bonds is 10. The van der Waals surface area contributed by atoms with E-state index in [1.54, 1.807) is 18.5 Å². The van der Waals surface area contributed by atoms with Gasteiger partial charge in [-0.3, -0.25) is 9.78 Å². The van der Waals surface area contributed by atoms with Crippen molar-refractivity contribution < 1.29 is 9.53 Å². The van der Waals surface area contributed by atoms with Gasteiger partial charge in [0.2, 0.25) is 5.91 Å². The molecule has 0 aliphatic heterocycles. The van der Waals surface area contributed by atoms with Gasteiger partial charge in [0, 0.05) is 42.4 Å². The minimum Gasteiger partial charge on any atom is -0.341 e. The molecule has 0 spiro atoms. The van der Waals surface area contributed by atoms with Gasteiger partial charge in [0.15, 0.2) is 0 Å². The van der Waals surface area contributed by atoms with Crippen LogP contribution in [-0.2, 0) is 16.0 Å². The predicted octanol–water partition coefficient (Wildman–Crippen LogP) is 6.77. The number of amides is 1. The standard InChI is InChI=1S/C32H35Cl2N5O2/c1-31(2)23(15-30(40)37-32(3,41-20-35)18-21-8-5-4-6-9-21)14-25(31)29-17-28(22-10-7-13-36-19-22)38-39(29)24-11-12-26(33)27(34)16-24/h4-13,16-17,19,23,25H,14-15,18,20,35H2,1-3H3,(H,37,40)/t23-,25-,32-/m1/s1. The molecule has 2 aromatic carbocycles. The minimum absolute atomic E-state index is 0.0125. The highest BCUT2D eigenvalue weighted by Gasteiger charge is 2.51. The second kappa shape index (κ2) is 11.9. The molecule has 214 valence electrons. The fourth-order valence-corrected chi connectivity index (χ4v) is 6.15. The Balaban J connectivity index is 1.36. The van der Waals surface area contributed by atoms with Crippen LogP contribution in [0.25, 0.3) is 16.9 Å². The fourth-order valence-electron chi connectivity index (χ4n) is 5.86. The third kappa shape index (κ3) is 6.33. The number of hydrogen-bond acceptors (Lipinski definition) is 5. The summed E-state index contributed by atoms with van der Waals surface area (Å²) in [5.41, 5.74) is 9.38. The molecular weight excluding hydrogens is 557 g/mol. The molecule has 0 saturated heterocycles. The molecule has 0 radical (unpaired) electrons. The van der Waals surface area contributed by atoms with Gasteiger partial charge in [0.25, 0.3) is 0 Å². The molecule has 2 aromatic heterocycles. The van der Waals surface area contributed by atoms with Crippen LogP contribution in [0.4, 0.5) is 0 Å². The average molecular weight is 593 g/mol. The third-order valence-electron chi connectivity index (χ3n) is 8.29. The number of pyridine rings is 1. The van der Waals surface area contributed by atoms with E-state index in [0.717, 1.165) is 34.6 Å². The molecule has 5 rings (SSSR count). The van der Waals surface area contributed by atoms with Crippen molar-refractivity contribution in [3.05, 3.63) is 100 Å². The van der Waals surface area contributed by atoms with Crippen molar-refractivity contribution in [3.8, 4) is 16.9 Å². The van der Waals surface area contributed by atoms with E-state index in [9.17, 15) is 4.79 Å². The molecule has 1 aliphatic rings. The molecule has 1 aliphatic carbocycles. The van der Waals surface area contributed by atoms with E-state index in [1.807, 2.05) is 66.2 Å². The van der Waals surface area contributed by atoms with Crippen LogP contribution in [0.1, 0.15) is 50.8 Å². The van der Waals surface area contributed by atoms with E-state index >= 15 is 0 Å². The molecule has 4 aromatic rings. The summed E-state index contributed by atoms with van der Waals surface area (Å²) in [4.78, 5) is 17.6. The van der Waals surface area contributed by atoms with Crippen molar-refractivity contribution in [2.24, 2.45) is 17.1 Å². The zero-order valence-corrected chi connectivity index (χ0v) is 25.0. The molecule has 3 N–H and O–H groups in total. The first kappa shape index (κ1) is 29.3. The van der Waals surface area contributed by atoms with Crippen LogP contribution in [0.2, 0.25) is 10.0 Å². The maximum absolute atomic E-state index is 13.3. The van der Waals surface area contributed by atoms with Gasteiger partial charge in [-0.15, -0.1) is 0 Å². The number of halogens is 2. The molecule has 41 heavy (non-hydrogen) atoms. The molecule has 0 bridgehead atoms. The molecule has 9 heteroatoms. The molecule has 2 heterocycles. The van der Waals surface area contributed by atoms with Gasteiger partial charge in [0.05, 0.1) is 28.2 Å². The summed E-state index contributed by atoms with van der Waals surface area (Å²) in [6, 6.07) is 21.5. The molecule has 1 amide bonds. The molecule has 1 fully saturated rings. The van der Waals surface area contributed by atoms with Gasteiger partial charge in [-0.25, -0.2) is 4.68 Å². The molecule has 1 saturated carbocycles. The van der Waals surface area contributed by atoms with Crippen molar-refractivity contribution in [1.82, 2.24) is 20.1 Å². The zero-order chi connectivity index (χ0) is 29.2. The monoisotopic (exact) mass is 591 g/mol. The smallest absolute Gasteiger partial charge is 0.222 e. The average Bonchev–Trinajstić information content (AvgIpc) is 3.38. The highest BCUT2D eigenvalue weighted by Crippen LogP contribution is 2.58. The number of aromatic nitrogens is 3. The summed E-state index contributed by atoms with van der Waals surface area (Å²) in [6.07, 6.45) is 5.30. The summed E-state index contributed by atoms with van der Waals surface area (Å²) in [6.45, 7) is 6.32. The van der Waals surface area contributed by atoms with Crippen LogP contribution in [0.5, 0.6) is 0 Å². The van der Waals surface area contributed by atoms with E-state index in [1.165, 1.54) is 0 Å². The summed E-state index contributed by atoms with van der Waals surface area (Å²) < 4.78 is 7.76. The summed E-state index contributed by atoms with van der Waals surface area (Å²) in [5, 5.41) is 9.03. The van der Waals surface area contributed by atoms with Crippen LogP contribution in [0, 0.1) is 11.3 Å². The van der Waals surface area contributed by atoms with Gasteiger partial charge < -0.3 is 15.8 Å². The van der Waals surface area contributed by atoms with E-state index < -0.39 is 5.72 Å². The summed E-state index contributed by atoms with van der Waals surface area (Å²) >= 11 is 12.6. The summed E-state index contributed by atoms with van der Waals surface area (Å²) in [5.74, 6) is 0.288. The third-order valence-corrected chi connectivity index (χ3v) is 9.03. The Labute approximate surface area is 251 Å².